The first-order valence-electron chi connectivity index (χ1n) is 9.04. The van der Waals surface area contributed by atoms with Crippen LogP contribution in [0, 0.1) is 0 Å². The Morgan fingerprint density at radius 3 is 1.42 bits per heavy atom. The van der Waals surface area contributed by atoms with E-state index in [9.17, 15) is 4.79 Å². The van der Waals surface area contributed by atoms with Gasteiger partial charge in [0.2, 0.25) is 0 Å². The van der Waals surface area contributed by atoms with E-state index in [1.165, 1.54) is 10.7 Å². The van der Waals surface area contributed by atoms with Crippen LogP contribution in [-0.2, 0) is 9.53 Å². The fourth-order valence-electron chi connectivity index (χ4n) is 3.80. The summed E-state index contributed by atoms with van der Waals surface area (Å²) in [6, 6.07) is 31.7. The van der Waals surface area contributed by atoms with Crippen LogP contribution in [0.1, 0.15) is 13.8 Å². The van der Waals surface area contributed by atoms with Crippen LogP contribution in [0.4, 0.5) is 0 Å². The predicted molar refractivity (Wildman–Crippen MR) is 110 cm³/mol. The Labute approximate surface area is 159 Å². The van der Waals surface area contributed by atoms with Crippen molar-refractivity contribution in [3.8, 4) is 0 Å². The molecule has 2 nitrogen and oxygen atoms in total. The van der Waals surface area contributed by atoms with Gasteiger partial charge in [0, 0.05) is 0 Å². The topological polar surface area (TPSA) is 26.3 Å². The van der Waals surface area contributed by atoms with Gasteiger partial charge in [0.1, 0.15) is 0 Å². The molecule has 0 heterocycles. The number of ether oxygens (including phenoxy) is 1. The average molecular weight is 451 g/mol. The summed E-state index contributed by atoms with van der Waals surface area (Å²) >= 11 is -3.62. The van der Waals surface area contributed by atoms with Crippen molar-refractivity contribution in [2.24, 2.45) is 0 Å². The molecule has 3 heteroatoms. The molecule has 0 radical (unpaired) electrons. The average Bonchev–Trinajstić information content (AvgIpc) is 2.71. The monoisotopic (exact) mass is 452 g/mol. The molecule has 0 N–H and O–H groups in total. The first-order chi connectivity index (χ1) is 12.7. The predicted octanol–water partition coefficient (Wildman–Crippen LogP) is 3.11. The van der Waals surface area contributed by atoms with Gasteiger partial charge in [-0.3, -0.25) is 0 Å². The molecular formula is C23H24O2Sn. The molecule has 3 aromatic carbocycles. The van der Waals surface area contributed by atoms with Crippen LogP contribution in [0.25, 0.3) is 0 Å². The van der Waals surface area contributed by atoms with Crippen molar-refractivity contribution in [2.75, 3.05) is 6.61 Å². The van der Waals surface area contributed by atoms with Crippen LogP contribution < -0.4 is 10.7 Å². The zero-order valence-electron chi connectivity index (χ0n) is 15.3. The zero-order chi connectivity index (χ0) is 18.4. The number of rotatable bonds is 6. The van der Waals surface area contributed by atoms with Gasteiger partial charge < -0.3 is 0 Å². The summed E-state index contributed by atoms with van der Waals surface area (Å²) < 4.78 is 9.19. The molecule has 26 heavy (non-hydrogen) atoms. The van der Waals surface area contributed by atoms with E-state index in [4.69, 9.17) is 4.74 Å². The quantitative estimate of drug-likeness (QED) is 0.426. The van der Waals surface area contributed by atoms with Crippen molar-refractivity contribution < 1.29 is 9.53 Å². The first-order valence-corrected chi connectivity index (χ1v) is 15.0. The van der Waals surface area contributed by atoms with Gasteiger partial charge in [0.15, 0.2) is 0 Å². The number of hydrogen-bond donors (Lipinski definition) is 0. The van der Waals surface area contributed by atoms with E-state index in [-0.39, 0.29) is 9.90 Å². The minimum absolute atomic E-state index is 0.0974. The second kappa shape index (κ2) is 8.54. The number of esters is 1. The molecule has 132 valence electrons. The minimum atomic E-state index is -3.62. The summed E-state index contributed by atoms with van der Waals surface area (Å²) in [5.41, 5.74) is 0. The normalized spacial score (nSPS) is 12.4. The molecule has 0 unspecified atom stereocenters. The SMILES string of the molecule is CCOC(=O)[C@@H](C)[Sn]([c]1ccccc1)([c]1ccccc1)[c]1ccccc1. The van der Waals surface area contributed by atoms with Crippen LogP contribution in [0.3, 0.4) is 0 Å². The fraction of sp³-hybridized carbons (Fsp3) is 0.174. The van der Waals surface area contributed by atoms with Crippen LogP contribution in [0.2, 0.25) is 3.93 Å². The van der Waals surface area contributed by atoms with Gasteiger partial charge in [-0.15, -0.1) is 0 Å². The van der Waals surface area contributed by atoms with Gasteiger partial charge in [-0.25, -0.2) is 0 Å². The second-order valence-corrected chi connectivity index (χ2v) is 18.4. The summed E-state index contributed by atoms with van der Waals surface area (Å²) in [5.74, 6) is -0.0974. The van der Waals surface area contributed by atoms with Gasteiger partial charge in [-0.1, -0.05) is 0 Å². The number of carbonyl (C=O) groups excluding carboxylic acids is 1. The Hall–Kier alpha value is -2.07. The summed E-state index contributed by atoms with van der Waals surface area (Å²) in [5, 5.41) is 0. The van der Waals surface area contributed by atoms with E-state index in [0.717, 1.165) is 0 Å². The Kier molecular flexibility index (Phi) is 6.15. The molecule has 0 aliphatic heterocycles. The Balaban J connectivity index is 2.33. The standard InChI is InChI=1S/3C6H5.C5H9O2.Sn/c3*1-2-4-6-5-3-1;1-3-5(6)7-4-2;/h3*1-5H;3H,4H2,1-2H3;. The first kappa shape index (κ1) is 18.7. The molecule has 3 rings (SSSR count). The molecule has 0 aromatic heterocycles. The van der Waals surface area contributed by atoms with E-state index in [0.29, 0.717) is 6.61 Å². The van der Waals surface area contributed by atoms with Crippen molar-refractivity contribution in [1.29, 1.82) is 0 Å². The third-order valence-electron chi connectivity index (χ3n) is 4.98. The Bertz CT molecular complexity index is 735. The molecule has 0 saturated carbocycles. The summed E-state index contributed by atoms with van der Waals surface area (Å²) in [4.78, 5) is 12.9. The molecular weight excluding hydrogens is 427 g/mol. The molecule has 0 amide bonds. The zero-order valence-corrected chi connectivity index (χ0v) is 18.1. The van der Waals surface area contributed by atoms with Gasteiger partial charge in [-0.2, -0.15) is 0 Å². The molecule has 0 fully saturated rings. The van der Waals surface area contributed by atoms with Crippen molar-refractivity contribution >= 4 is 35.1 Å². The van der Waals surface area contributed by atoms with Crippen molar-refractivity contribution in [3.05, 3.63) is 91.0 Å². The molecule has 0 spiro atoms. The van der Waals surface area contributed by atoms with Gasteiger partial charge in [-0.05, 0) is 0 Å². The van der Waals surface area contributed by atoms with Crippen molar-refractivity contribution in [2.45, 2.75) is 17.8 Å². The van der Waals surface area contributed by atoms with Gasteiger partial charge >= 0.3 is 160 Å². The molecule has 0 saturated heterocycles. The second-order valence-electron chi connectivity index (χ2n) is 6.38. The van der Waals surface area contributed by atoms with E-state index in [1.54, 1.807) is 0 Å². The van der Waals surface area contributed by atoms with E-state index < -0.39 is 18.4 Å². The van der Waals surface area contributed by atoms with Crippen molar-refractivity contribution in [3.63, 3.8) is 0 Å². The van der Waals surface area contributed by atoms with E-state index in [2.05, 4.69) is 79.7 Å². The molecule has 0 aliphatic rings. The molecule has 0 aliphatic carbocycles. The summed E-state index contributed by atoms with van der Waals surface area (Å²) in [6.07, 6.45) is 0. The maximum absolute atomic E-state index is 12.9. The molecule has 1 atom stereocenters. The number of carbonyl (C=O) groups is 1. The van der Waals surface area contributed by atoms with Crippen LogP contribution in [-0.4, -0.2) is 31.0 Å². The molecule has 0 bridgehead atoms. The number of benzene rings is 3. The summed E-state index contributed by atoms with van der Waals surface area (Å²) in [6.45, 7) is 4.33. The van der Waals surface area contributed by atoms with Gasteiger partial charge in [0.25, 0.3) is 0 Å². The number of hydrogen-bond acceptors (Lipinski definition) is 2. The van der Waals surface area contributed by atoms with E-state index >= 15 is 0 Å². The molecule has 3 aromatic rings. The van der Waals surface area contributed by atoms with Crippen LogP contribution >= 0.6 is 0 Å². The van der Waals surface area contributed by atoms with Crippen LogP contribution in [0.5, 0.6) is 0 Å². The van der Waals surface area contributed by atoms with Gasteiger partial charge in [0.05, 0.1) is 0 Å². The van der Waals surface area contributed by atoms with Crippen LogP contribution in [0.15, 0.2) is 91.0 Å². The fourth-order valence-corrected chi connectivity index (χ4v) is 18.3. The maximum atomic E-state index is 12.9. The Morgan fingerprint density at radius 1 is 0.769 bits per heavy atom. The summed E-state index contributed by atoms with van der Waals surface area (Å²) in [7, 11) is 0. The third kappa shape index (κ3) is 3.43. The van der Waals surface area contributed by atoms with Crippen molar-refractivity contribution in [1.82, 2.24) is 0 Å². The Morgan fingerprint density at radius 2 is 1.12 bits per heavy atom. The van der Waals surface area contributed by atoms with E-state index in [1.807, 2.05) is 25.1 Å². The third-order valence-corrected chi connectivity index (χ3v) is 20.0.